The van der Waals surface area contributed by atoms with E-state index >= 15 is 0 Å². The van der Waals surface area contributed by atoms with E-state index in [0.717, 1.165) is 18.9 Å². The maximum absolute atomic E-state index is 13.7. The van der Waals surface area contributed by atoms with Crippen molar-refractivity contribution in [1.82, 2.24) is 4.90 Å². The van der Waals surface area contributed by atoms with E-state index in [1.54, 1.807) is 18.7 Å². The van der Waals surface area contributed by atoms with Crippen molar-refractivity contribution in [2.24, 2.45) is 0 Å². The number of amides is 1. The second kappa shape index (κ2) is 7.01. The van der Waals surface area contributed by atoms with E-state index < -0.39 is 17.7 Å². The molecule has 0 aliphatic carbocycles. The number of rotatable bonds is 4. The largest absolute Gasteiger partial charge is 0.393 e. The Morgan fingerprint density at radius 3 is 2.86 bits per heavy atom. The summed E-state index contributed by atoms with van der Waals surface area (Å²) in [6, 6.07) is 3.34. The molecule has 0 aromatic heterocycles. The Balaban J connectivity index is 2.15. The predicted molar refractivity (Wildman–Crippen MR) is 81.0 cm³/mol. The van der Waals surface area contributed by atoms with Gasteiger partial charge in [-0.2, -0.15) is 0 Å². The lowest BCUT2D eigenvalue weighted by atomic mass is 10.1. The highest BCUT2D eigenvalue weighted by atomic mass is 19.1. The lowest BCUT2D eigenvalue weighted by Crippen LogP contribution is -2.36. The molecule has 1 aromatic rings. The third kappa shape index (κ3) is 3.91. The number of aliphatic hydroxyl groups excluding tert-OH is 1. The van der Waals surface area contributed by atoms with Crippen LogP contribution in [0.4, 0.5) is 8.78 Å². The summed E-state index contributed by atoms with van der Waals surface area (Å²) >= 11 is 0. The summed E-state index contributed by atoms with van der Waals surface area (Å²) in [4.78, 5) is 14.1. The Morgan fingerprint density at radius 2 is 2.23 bits per heavy atom. The molecule has 22 heavy (non-hydrogen) atoms. The van der Waals surface area contributed by atoms with E-state index in [1.165, 1.54) is 18.2 Å². The van der Waals surface area contributed by atoms with Crippen LogP contribution in [0.15, 0.2) is 24.3 Å². The average Bonchev–Trinajstić information content (AvgIpc) is 2.85. The van der Waals surface area contributed by atoms with Crippen LogP contribution in [-0.2, 0) is 4.79 Å². The van der Waals surface area contributed by atoms with Gasteiger partial charge in [0.1, 0.15) is 11.6 Å². The van der Waals surface area contributed by atoms with Crippen LogP contribution >= 0.6 is 0 Å². The van der Waals surface area contributed by atoms with Gasteiger partial charge in [0.25, 0.3) is 0 Å². The second-order valence-electron chi connectivity index (χ2n) is 5.86. The molecule has 1 aliphatic rings. The lowest BCUT2D eigenvalue weighted by molar-refractivity contribution is -0.127. The molecular weight excluding hydrogens is 288 g/mol. The third-order valence-electron chi connectivity index (χ3n) is 3.97. The number of hydrogen-bond donors (Lipinski definition) is 1. The molecule has 0 bridgehead atoms. The van der Waals surface area contributed by atoms with Crippen LogP contribution in [0.3, 0.4) is 0 Å². The first-order valence-electron chi connectivity index (χ1n) is 7.51. The van der Waals surface area contributed by atoms with Crippen molar-refractivity contribution in [1.29, 1.82) is 0 Å². The van der Waals surface area contributed by atoms with Crippen molar-refractivity contribution in [2.75, 3.05) is 6.54 Å². The quantitative estimate of drug-likeness (QED) is 0.868. The number of aliphatic hydroxyl groups is 1. The van der Waals surface area contributed by atoms with Gasteiger partial charge in [0.2, 0.25) is 5.91 Å². The van der Waals surface area contributed by atoms with Crippen molar-refractivity contribution in [3.63, 3.8) is 0 Å². The molecule has 1 aliphatic heterocycles. The van der Waals surface area contributed by atoms with Gasteiger partial charge in [0, 0.05) is 30.3 Å². The van der Waals surface area contributed by atoms with Gasteiger partial charge in [-0.05, 0) is 50.8 Å². The number of likely N-dealkylation sites (tertiary alicyclic amines) is 1. The van der Waals surface area contributed by atoms with Gasteiger partial charge in [0.05, 0.1) is 6.10 Å². The Kier molecular flexibility index (Phi) is 5.29. The number of allylic oxidation sites excluding steroid dienone is 1. The van der Waals surface area contributed by atoms with Crippen LogP contribution in [-0.4, -0.2) is 34.6 Å². The fourth-order valence-electron chi connectivity index (χ4n) is 2.92. The van der Waals surface area contributed by atoms with Crippen LogP contribution < -0.4 is 0 Å². The van der Waals surface area contributed by atoms with E-state index in [-0.39, 0.29) is 17.5 Å². The van der Waals surface area contributed by atoms with Crippen molar-refractivity contribution in [2.45, 2.75) is 45.3 Å². The molecule has 2 atom stereocenters. The number of carbonyl (C=O) groups is 1. The summed E-state index contributed by atoms with van der Waals surface area (Å²) in [5.74, 6) is -1.51. The first-order chi connectivity index (χ1) is 10.4. The molecule has 0 radical (unpaired) electrons. The van der Waals surface area contributed by atoms with Gasteiger partial charge < -0.3 is 10.0 Å². The van der Waals surface area contributed by atoms with Gasteiger partial charge >= 0.3 is 0 Å². The fourth-order valence-corrected chi connectivity index (χ4v) is 2.92. The minimum absolute atomic E-state index is 0.0228. The number of hydrogen-bond acceptors (Lipinski definition) is 2. The van der Waals surface area contributed by atoms with Crippen LogP contribution in [0.1, 0.15) is 38.7 Å². The summed E-state index contributed by atoms with van der Waals surface area (Å²) in [7, 11) is 0. The van der Waals surface area contributed by atoms with Crippen LogP contribution in [0.5, 0.6) is 0 Å². The molecule has 0 spiro atoms. The zero-order valence-electron chi connectivity index (χ0n) is 12.9. The summed E-state index contributed by atoms with van der Waals surface area (Å²) in [6.45, 7) is 3.98. The van der Waals surface area contributed by atoms with Crippen LogP contribution in [0, 0.1) is 11.6 Å². The van der Waals surface area contributed by atoms with E-state index in [1.807, 2.05) is 0 Å². The van der Waals surface area contributed by atoms with Gasteiger partial charge in [0.15, 0.2) is 0 Å². The number of benzene rings is 1. The Labute approximate surface area is 129 Å². The summed E-state index contributed by atoms with van der Waals surface area (Å²) in [6.07, 6.45) is 3.24. The van der Waals surface area contributed by atoms with Gasteiger partial charge in [-0.15, -0.1) is 0 Å². The molecule has 1 heterocycles. The summed E-state index contributed by atoms with van der Waals surface area (Å²) in [5, 5.41) is 9.50. The highest BCUT2D eigenvalue weighted by Crippen LogP contribution is 2.24. The third-order valence-corrected chi connectivity index (χ3v) is 3.97. The minimum atomic E-state index is -0.677. The monoisotopic (exact) mass is 309 g/mol. The predicted octanol–water partition coefficient (Wildman–Crippen LogP) is 3.13. The first kappa shape index (κ1) is 16.6. The molecule has 1 N–H and O–H groups in total. The first-order valence-corrected chi connectivity index (χ1v) is 7.51. The summed E-state index contributed by atoms with van der Waals surface area (Å²) < 4.78 is 26.7. The topological polar surface area (TPSA) is 40.5 Å². The fraction of sp³-hybridized carbons (Fsp3) is 0.471. The van der Waals surface area contributed by atoms with E-state index in [9.17, 15) is 18.7 Å². The van der Waals surface area contributed by atoms with E-state index in [4.69, 9.17) is 0 Å². The SMILES string of the molecule is C/C(=C/C(=O)N1CCCC1CC(C)O)c1ccc(F)cc1F. The van der Waals surface area contributed by atoms with Crippen LogP contribution in [0.25, 0.3) is 5.57 Å². The van der Waals surface area contributed by atoms with Crippen LogP contribution in [0.2, 0.25) is 0 Å². The molecule has 5 heteroatoms. The smallest absolute Gasteiger partial charge is 0.247 e. The van der Waals surface area contributed by atoms with Gasteiger partial charge in [-0.25, -0.2) is 8.78 Å². The molecule has 3 nitrogen and oxygen atoms in total. The highest BCUT2D eigenvalue weighted by molar-refractivity contribution is 5.95. The number of carbonyl (C=O) groups excluding carboxylic acids is 1. The Bertz CT molecular complexity index is 584. The molecule has 2 rings (SSSR count). The zero-order chi connectivity index (χ0) is 16.3. The molecule has 2 unspecified atom stereocenters. The lowest BCUT2D eigenvalue weighted by Gasteiger charge is -2.24. The van der Waals surface area contributed by atoms with Crippen molar-refractivity contribution in [3.8, 4) is 0 Å². The highest BCUT2D eigenvalue weighted by Gasteiger charge is 2.28. The molecular formula is C17H21F2NO2. The zero-order valence-corrected chi connectivity index (χ0v) is 12.9. The molecule has 1 aromatic carbocycles. The second-order valence-corrected chi connectivity index (χ2v) is 5.86. The summed E-state index contributed by atoms with van der Waals surface area (Å²) in [5.41, 5.74) is 0.686. The average molecular weight is 309 g/mol. The minimum Gasteiger partial charge on any atom is -0.393 e. The maximum Gasteiger partial charge on any atom is 0.247 e. The molecule has 1 amide bonds. The number of nitrogens with zero attached hydrogens (tertiary/aromatic N) is 1. The Hall–Kier alpha value is -1.75. The molecule has 0 saturated carbocycles. The van der Waals surface area contributed by atoms with Crippen molar-refractivity contribution < 1.29 is 18.7 Å². The van der Waals surface area contributed by atoms with Crippen molar-refractivity contribution in [3.05, 3.63) is 41.5 Å². The van der Waals surface area contributed by atoms with Crippen molar-refractivity contribution >= 4 is 11.5 Å². The normalized spacial score (nSPS) is 20.3. The van der Waals surface area contributed by atoms with E-state index in [2.05, 4.69) is 0 Å². The number of halogens is 2. The maximum atomic E-state index is 13.7. The molecule has 1 saturated heterocycles. The molecule has 1 fully saturated rings. The molecule has 120 valence electrons. The van der Waals surface area contributed by atoms with Gasteiger partial charge in [-0.1, -0.05) is 0 Å². The van der Waals surface area contributed by atoms with Gasteiger partial charge in [-0.3, -0.25) is 4.79 Å². The standard InChI is InChI=1S/C17H21F2NO2/c1-11(15-6-5-13(18)10-16(15)19)8-17(22)20-7-3-4-14(20)9-12(2)21/h5-6,8,10,12,14,21H,3-4,7,9H2,1-2H3/b11-8-. The Morgan fingerprint density at radius 1 is 1.50 bits per heavy atom. The van der Waals surface area contributed by atoms with E-state index in [0.29, 0.717) is 18.5 Å².